The first-order valence-corrected chi connectivity index (χ1v) is 6.31. The first-order valence-electron chi connectivity index (χ1n) is 6.31. The summed E-state index contributed by atoms with van der Waals surface area (Å²) in [5.74, 6) is 0.711. The first-order chi connectivity index (χ1) is 8.79. The normalized spacial score (nSPS) is 12.6. The van der Waals surface area contributed by atoms with E-state index in [1.165, 1.54) is 6.07 Å². The van der Waals surface area contributed by atoms with Crippen molar-refractivity contribution in [2.75, 3.05) is 6.54 Å². The van der Waals surface area contributed by atoms with Crippen LogP contribution in [0, 0.1) is 5.82 Å². The highest BCUT2D eigenvalue weighted by Gasteiger charge is 2.13. The second-order valence-electron chi connectivity index (χ2n) is 4.35. The van der Waals surface area contributed by atoms with Gasteiger partial charge in [0.15, 0.2) is 0 Å². The molecule has 1 aromatic carbocycles. The van der Waals surface area contributed by atoms with Gasteiger partial charge < -0.3 is 9.73 Å². The SMILES string of the molecule is CCCNC(Cc1ccco1)c1cccc(F)c1. The van der Waals surface area contributed by atoms with Crippen molar-refractivity contribution in [3.8, 4) is 0 Å². The molecule has 0 aliphatic carbocycles. The van der Waals surface area contributed by atoms with Crippen molar-refractivity contribution in [1.82, 2.24) is 5.32 Å². The summed E-state index contributed by atoms with van der Waals surface area (Å²) in [6.07, 6.45) is 3.44. The van der Waals surface area contributed by atoms with Gasteiger partial charge in [0.2, 0.25) is 0 Å². The maximum Gasteiger partial charge on any atom is 0.123 e. The lowest BCUT2D eigenvalue weighted by molar-refractivity contribution is 0.448. The van der Waals surface area contributed by atoms with Gasteiger partial charge in [-0.05, 0) is 42.8 Å². The predicted molar refractivity (Wildman–Crippen MR) is 69.8 cm³/mol. The fourth-order valence-corrected chi connectivity index (χ4v) is 1.98. The van der Waals surface area contributed by atoms with Gasteiger partial charge in [0, 0.05) is 12.5 Å². The molecule has 0 aliphatic heterocycles. The zero-order valence-corrected chi connectivity index (χ0v) is 10.5. The van der Waals surface area contributed by atoms with Gasteiger partial charge in [-0.2, -0.15) is 0 Å². The fourth-order valence-electron chi connectivity index (χ4n) is 1.98. The smallest absolute Gasteiger partial charge is 0.123 e. The van der Waals surface area contributed by atoms with Crippen LogP contribution < -0.4 is 5.32 Å². The van der Waals surface area contributed by atoms with E-state index in [1.54, 1.807) is 18.4 Å². The fraction of sp³-hybridized carbons (Fsp3) is 0.333. The van der Waals surface area contributed by atoms with E-state index in [1.807, 2.05) is 18.2 Å². The van der Waals surface area contributed by atoms with Crippen LogP contribution in [-0.4, -0.2) is 6.54 Å². The Morgan fingerprint density at radius 1 is 1.28 bits per heavy atom. The molecule has 18 heavy (non-hydrogen) atoms. The Bertz CT molecular complexity index is 467. The number of hydrogen-bond acceptors (Lipinski definition) is 2. The minimum absolute atomic E-state index is 0.0896. The van der Waals surface area contributed by atoms with E-state index in [-0.39, 0.29) is 11.9 Å². The van der Waals surface area contributed by atoms with E-state index >= 15 is 0 Å². The molecule has 0 bridgehead atoms. The minimum atomic E-state index is -0.199. The Morgan fingerprint density at radius 2 is 2.17 bits per heavy atom. The molecular weight excluding hydrogens is 229 g/mol. The Morgan fingerprint density at radius 3 is 2.83 bits per heavy atom. The molecule has 1 N–H and O–H groups in total. The lowest BCUT2D eigenvalue weighted by Crippen LogP contribution is -2.24. The molecule has 1 atom stereocenters. The highest BCUT2D eigenvalue weighted by Crippen LogP contribution is 2.19. The first kappa shape index (κ1) is 12.8. The summed E-state index contributed by atoms with van der Waals surface area (Å²) in [6, 6.07) is 10.6. The molecule has 0 saturated heterocycles. The molecule has 0 radical (unpaired) electrons. The van der Waals surface area contributed by atoms with E-state index < -0.39 is 0 Å². The molecule has 0 spiro atoms. The van der Waals surface area contributed by atoms with Gasteiger partial charge in [-0.15, -0.1) is 0 Å². The quantitative estimate of drug-likeness (QED) is 0.842. The maximum absolute atomic E-state index is 13.3. The molecule has 96 valence electrons. The molecule has 0 fully saturated rings. The molecule has 0 saturated carbocycles. The molecule has 1 aromatic heterocycles. The molecule has 1 heterocycles. The molecule has 2 rings (SSSR count). The Balaban J connectivity index is 2.13. The lowest BCUT2D eigenvalue weighted by Gasteiger charge is -2.18. The van der Waals surface area contributed by atoms with Crippen molar-refractivity contribution in [2.45, 2.75) is 25.8 Å². The number of nitrogens with one attached hydrogen (secondary N) is 1. The Hall–Kier alpha value is -1.61. The van der Waals surface area contributed by atoms with Crippen molar-refractivity contribution >= 4 is 0 Å². The molecule has 2 nitrogen and oxygen atoms in total. The summed E-state index contributed by atoms with van der Waals surface area (Å²) in [5.41, 5.74) is 0.958. The van der Waals surface area contributed by atoms with Gasteiger partial charge in [-0.25, -0.2) is 4.39 Å². The van der Waals surface area contributed by atoms with Gasteiger partial charge >= 0.3 is 0 Å². The van der Waals surface area contributed by atoms with Gasteiger partial charge in [0.05, 0.1) is 6.26 Å². The lowest BCUT2D eigenvalue weighted by atomic mass is 10.0. The van der Waals surface area contributed by atoms with E-state index in [0.717, 1.165) is 30.7 Å². The molecule has 0 aliphatic rings. The van der Waals surface area contributed by atoms with Crippen LogP contribution in [0.5, 0.6) is 0 Å². The summed E-state index contributed by atoms with van der Waals surface area (Å²) in [7, 11) is 0. The van der Waals surface area contributed by atoms with Crippen LogP contribution in [0.2, 0.25) is 0 Å². The van der Waals surface area contributed by atoms with Crippen molar-refractivity contribution in [3.05, 3.63) is 59.8 Å². The Labute approximate surface area is 107 Å². The molecule has 0 amide bonds. The molecule has 2 aromatic rings. The summed E-state index contributed by atoms with van der Waals surface area (Å²) in [6.45, 7) is 3.02. The van der Waals surface area contributed by atoms with Crippen LogP contribution in [0.1, 0.15) is 30.7 Å². The third kappa shape index (κ3) is 3.44. The largest absolute Gasteiger partial charge is 0.469 e. The van der Waals surface area contributed by atoms with Gasteiger partial charge in [0.25, 0.3) is 0 Å². The Kier molecular flexibility index (Phi) is 4.53. The van der Waals surface area contributed by atoms with Crippen molar-refractivity contribution in [2.24, 2.45) is 0 Å². The second kappa shape index (κ2) is 6.36. The van der Waals surface area contributed by atoms with Crippen LogP contribution in [0.25, 0.3) is 0 Å². The van der Waals surface area contributed by atoms with Crippen molar-refractivity contribution in [1.29, 1.82) is 0 Å². The van der Waals surface area contributed by atoms with E-state index in [9.17, 15) is 4.39 Å². The van der Waals surface area contributed by atoms with Gasteiger partial charge in [0.1, 0.15) is 11.6 Å². The molecular formula is C15H18FNO. The predicted octanol–water partition coefficient (Wildman–Crippen LogP) is 3.70. The zero-order valence-electron chi connectivity index (χ0n) is 10.5. The molecule has 1 unspecified atom stereocenters. The monoisotopic (exact) mass is 247 g/mol. The van der Waals surface area contributed by atoms with Crippen LogP contribution in [0.4, 0.5) is 4.39 Å². The van der Waals surface area contributed by atoms with Crippen LogP contribution in [0.15, 0.2) is 47.1 Å². The van der Waals surface area contributed by atoms with Crippen LogP contribution >= 0.6 is 0 Å². The minimum Gasteiger partial charge on any atom is -0.469 e. The van der Waals surface area contributed by atoms with E-state index in [4.69, 9.17) is 4.42 Å². The second-order valence-corrected chi connectivity index (χ2v) is 4.35. The van der Waals surface area contributed by atoms with Crippen LogP contribution in [-0.2, 0) is 6.42 Å². The summed E-state index contributed by atoms with van der Waals surface area (Å²) >= 11 is 0. The third-order valence-corrected chi connectivity index (χ3v) is 2.88. The third-order valence-electron chi connectivity index (χ3n) is 2.88. The number of furan rings is 1. The number of halogens is 1. The topological polar surface area (TPSA) is 25.2 Å². The van der Waals surface area contributed by atoms with Crippen molar-refractivity contribution in [3.63, 3.8) is 0 Å². The van der Waals surface area contributed by atoms with E-state index in [2.05, 4.69) is 12.2 Å². The highest BCUT2D eigenvalue weighted by molar-refractivity contribution is 5.21. The van der Waals surface area contributed by atoms with Gasteiger partial charge in [-0.1, -0.05) is 19.1 Å². The zero-order chi connectivity index (χ0) is 12.8. The van der Waals surface area contributed by atoms with Crippen LogP contribution in [0.3, 0.4) is 0 Å². The van der Waals surface area contributed by atoms with E-state index in [0.29, 0.717) is 0 Å². The summed E-state index contributed by atoms with van der Waals surface area (Å²) in [4.78, 5) is 0. The highest BCUT2D eigenvalue weighted by atomic mass is 19.1. The summed E-state index contributed by atoms with van der Waals surface area (Å²) in [5, 5.41) is 3.42. The average molecular weight is 247 g/mol. The van der Waals surface area contributed by atoms with Gasteiger partial charge in [-0.3, -0.25) is 0 Å². The standard InChI is InChI=1S/C15H18FNO/c1-2-8-17-15(11-14-7-4-9-18-14)12-5-3-6-13(16)10-12/h3-7,9-10,15,17H,2,8,11H2,1H3. The maximum atomic E-state index is 13.3. The molecule has 3 heteroatoms. The number of rotatable bonds is 6. The number of hydrogen-bond donors (Lipinski definition) is 1. The summed E-state index contributed by atoms with van der Waals surface area (Å²) < 4.78 is 18.6. The van der Waals surface area contributed by atoms with Crippen molar-refractivity contribution < 1.29 is 8.81 Å². The number of benzene rings is 1. The average Bonchev–Trinajstić information content (AvgIpc) is 2.87.